The lowest BCUT2D eigenvalue weighted by Crippen LogP contribution is -2.50. The van der Waals surface area contributed by atoms with Crippen LogP contribution in [-0.4, -0.2) is 54.9 Å². The van der Waals surface area contributed by atoms with E-state index in [2.05, 4.69) is 0 Å². The number of aryl methyl sites for hydroxylation is 1. The Morgan fingerprint density at radius 1 is 1.00 bits per heavy atom. The molecule has 2 heterocycles. The molecule has 0 N–H and O–H groups in total. The first-order chi connectivity index (χ1) is 12.4. The highest BCUT2D eigenvalue weighted by Gasteiger charge is 2.28. The fraction of sp³-hybridized carbons (Fsp3) is 0.400. The van der Waals surface area contributed by atoms with Crippen molar-refractivity contribution in [1.29, 1.82) is 0 Å². The molecule has 6 heteroatoms. The Morgan fingerprint density at radius 3 is 2.15 bits per heavy atom. The first-order valence-electron chi connectivity index (χ1n) is 8.71. The van der Waals surface area contributed by atoms with Gasteiger partial charge < -0.3 is 19.0 Å². The van der Waals surface area contributed by atoms with Crippen molar-refractivity contribution >= 4 is 11.8 Å². The average molecular weight is 356 g/mol. The second-order valence-corrected chi connectivity index (χ2v) is 6.59. The van der Waals surface area contributed by atoms with E-state index in [1.54, 1.807) is 29.0 Å². The molecule has 0 unspecified atom stereocenters. The van der Waals surface area contributed by atoms with Gasteiger partial charge in [0, 0.05) is 31.7 Å². The molecule has 6 nitrogen and oxygen atoms in total. The first-order valence-corrected chi connectivity index (χ1v) is 8.71. The molecule has 1 fully saturated rings. The molecule has 0 bridgehead atoms. The summed E-state index contributed by atoms with van der Waals surface area (Å²) in [5.74, 6) is 1.03. The van der Waals surface area contributed by atoms with Crippen molar-refractivity contribution in [3.05, 3.63) is 52.5 Å². The Balaban J connectivity index is 1.72. The van der Waals surface area contributed by atoms with Crippen LogP contribution >= 0.6 is 0 Å². The zero-order chi connectivity index (χ0) is 18.8. The number of hydrogen-bond donors (Lipinski definition) is 0. The van der Waals surface area contributed by atoms with Crippen LogP contribution in [0.5, 0.6) is 5.75 Å². The van der Waals surface area contributed by atoms with Gasteiger partial charge in [-0.1, -0.05) is 0 Å². The highest BCUT2D eigenvalue weighted by Crippen LogP contribution is 2.29. The number of rotatable bonds is 3. The van der Waals surface area contributed by atoms with Crippen LogP contribution in [0.4, 0.5) is 0 Å². The van der Waals surface area contributed by atoms with Gasteiger partial charge in [-0.25, -0.2) is 0 Å². The maximum Gasteiger partial charge on any atom is 0.289 e. The molecule has 1 aliphatic heterocycles. The van der Waals surface area contributed by atoms with Gasteiger partial charge in [-0.2, -0.15) is 0 Å². The number of carbonyl (C=O) groups is 2. The highest BCUT2D eigenvalue weighted by atomic mass is 16.5. The number of methoxy groups -OCH3 is 1. The minimum Gasteiger partial charge on any atom is -0.496 e. The Labute approximate surface area is 153 Å². The van der Waals surface area contributed by atoms with Crippen molar-refractivity contribution in [3.8, 4) is 5.75 Å². The van der Waals surface area contributed by atoms with E-state index < -0.39 is 0 Å². The van der Waals surface area contributed by atoms with Crippen LogP contribution in [0.1, 0.15) is 37.6 Å². The van der Waals surface area contributed by atoms with Crippen molar-refractivity contribution in [2.75, 3.05) is 33.3 Å². The Bertz CT molecular complexity index is 819. The monoisotopic (exact) mass is 356 g/mol. The molecule has 1 aliphatic rings. The number of ether oxygens (including phenoxy) is 1. The van der Waals surface area contributed by atoms with Crippen molar-refractivity contribution in [2.45, 2.75) is 20.8 Å². The van der Waals surface area contributed by atoms with Gasteiger partial charge in [0.05, 0.1) is 13.4 Å². The molecule has 138 valence electrons. The third-order valence-corrected chi connectivity index (χ3v) is 5.05. The lowest BCUT2D eigenvalue weighted by Gasteiger charge is -2.34. The summed E-state index contributed by atoms with van der Waals surface area (Å²) in [6, 6.07) is 5.25. The standard InChI is InChI=1S/C20H24N2O4/c1-13-12-16(14(2)15(3)18(13)25-4)19(23)21-7-9-22(10-8-21)20(24)17-6-5-11-26-17/h5-6,11-12H,7-10H2,1-4H3. The molecule has 0 atom stereocenters. The second-order valence-electron chi connectivity index (χ2n) is 6.59. The zero-order valence-electron chi connectivity index (χ0n) is 15.7. The number of benzene rings is 1. The Kier molecular flexibility index (Phi) is 5.02. The third kappa shape index (κ3) is 3.19. The Morgan fingerprint density at radius 2 is 1.62 bits per heavy atom. The van der Waals surface area contributed by atoms with Gasteiger partial charge in [-0.3, -0.25) is 9.59 Å². The van der Waals surface area contributed by atoms with Crippen molar-refractivity contribution in [3.63, 3.8) is 0 Å². The maximum absolute atomic E-state index is 13.0. The van der Waals surface area contributed by atoms with Crippen LogP contribution in [0.15, 0.2) is 28.9 Å². The number of furan rings is 1. The highest BCUT2D eigenvalue weighted by molar-refractivity contribution is 5.97. The molecule has 1 saturated heterocycles. The van der Waals surface area contributed by atoms with Gasteiger partial charge in [0.15, 0.2) is 5.76 Å². The summed E-state index contributed by atoms with van der Waals surface area (Å²) in [4.78, 5) is 28.9. The average Bonchev–Trinajstić information content (AvgIpc) is 3.19. The predicted octanol–water partition coefficient (Wildman–Crippen LogP) is 2.81. The van der Waals surface area contributed by atoms with E-state index in [-0.39, 0.29) is 11.8 Å². The van der Waals surface area contributed by atoms with E-state index in [1.165, 1.54) is 6.26 Å². The summed E-state index contributed by atoms with van der Waals surface area (Å²) in [5, 5.41) is 0. The lowest BCUT2D eigenvalue weighted by molar-refractivity contribution is 0.0517. The van der Waals surface area contributed by atoms with E-state index in [4.69, 9.17) is 9.15 Å². The Hall–Kier alpha value is -2.76. The summed E-state index contributed by atoms with van der Waals surface area (Å²) in [7, 11) is 1.64. The van der Waals surface area contributed by atoms with Crippen LogP contribution in [0, 0.1) is 20.8 Å². The first kappa shape index (κ1) is 18.0. The lowest BCUT2D eigenvalue weighted by atomic mass is 9.97. The fourth-order valence-corrected chi connectivity index (χ4v) is 3.43. The van der Waals surface area contributed by atoms with Gasteiger partial charge in [0.2, 0.25) is 0 Å². The summed E-state index contributed by atoms with van der Waals surface area (Å²) in [6.07, 6.45) is 1.49. The third-order valence-electron chi connectivity index (χ3n) is 5.05. The summed E-state index contributed by atoms with van der Waals surface area (Å²) < 4.78 is 10.6. The molecule has 0 saturated carbocycles. The SMILES string of the molecule is COc1c(C)cc(C(=O)N2CCN(C(=O)c3ccco3)CC2)c(C)c1C. The van der Waals surface area contributed by atoms with E-state index in [9.17, 15) is 9.59 Å². The molecular formula is C20H24N2O4. The summed E-state index contributed by atoms with van der Waals surface area (Å²) in [6.45, 7) is 7.88. The minimum absolute atomic E-state index is 0.00134. The summed E-state index contributed by atoms with van der Waals surface area (Å²) in [5.41, 5.74) is 3.58. The number of amides is 2. The molecule has 2 aromatic rings. The van der Waals surface area contributed by atoms with Crippen LogP contribution in [0.2, 0.25) is 0 Å². The molecule has 1 aromatic heterocycles. The van der Waals surface area contributed by atoms with Crippen molar-refractivity contribution in [2.24, 2.45) is 0 Å². The smallest absolute Gasteiger partial charge is 0.289 e. The van der Waals surface area contributed by atoms with Gasteiger partial charge in [-0.05, 0) is 55.7 Å². The molecule has 1 aromatic carbocycles. The van der Waals surface area contributed by atoms with Crippen LogP contribution < -0.4 is 4.74 Å². The molecule has 3 rings (SSSR count). The normalized spacial score (nSPS) is 14.5. The quantitative estimate of drug-likeness (QED) is 0.848. The minimum atomic E-state index is -0.130. The van der Waals surface area contributed by atoms with Crippen molar-refractivity contribution < 1.29 is 18.7 Å². The predicted molar refractivity (Wildman–Crippen MR) is 97.7 cm³/mol. The van der Waals surface area contributed by atoms with Gasteiger partial charge in [0.1, 0.15) is 5.75 Å². The van der Waals surface area contributed by atoms with E-state index in [1.807, 2.05) is 26.8 Å². The van der Waals surface area contributed by atoms with Crippen molar-refractivity contribution in [1.82, 2.24) is 9.80 Å². The van der Waals surface area contributed by atoms with E-state index in [0.29, 0.717) is 37.5 Å². The number of hydrogen-bond acceptors (Lipinski definition) is 4. The molecule has 2 amide bonds. The molecule has 0 aliphatic carbocycles. The van der Waals surface area contributed by atoms with E-state index in [0.717, 1.165) is 22.4 Å². The number of carbonyl (C=O) groups excluding carboxylic acids is 2. The number of piperazine rings is 1. The molecular weight excluding hydrogens is 332 g/mol. The largest absolute Gasteiger partial charge is 0.496 e. The van der Waals surface area contributed by atoms with Crippen LogP contribution in [-0.2, 0) is 0 Å². The molecule has 26 heavy (non-hydrogen) atoms. The van der Waals surface area contributed by atoms with Crippen LogP contribution in [0.25, 0.3) is 0 Å². The maximum atomic E-state index is 13.0. The fourth-order valence-electron chi connectivity index (χ4n) is 3.43. The topological polar surface area (TPSA) is 63.0 Å². The molecule has 0 radical (unpaired) electrons. The molecule has 0 spiro atoms. The van der Waals surface area contributed by atoms with E-state index >= 15 is 0 Å². The number of nitrogens with zero attached hydrogens (tertiary/aromatic N) is 2. The summed E-state index contributed by atoms with van der Waals surface area (Å²) >= 11 is 0. The van der Waals surface area contributed by atoms with Gasteiger partial charge in [0.25, 0.3) is 11.8 Å². The second kappa shape index (κ2) is 7.23. The van der Waals surface area contributed by atoms with Crippen LogP contribution in [0.3, 0.4) is 0 Å². The van der Waals surface area contributed by atoms with Gasteiger partial charge in [-0.15, -0.1) is 0 Å². The zero-order valence-corrected chi connectivity index (χ0v) is 15.7. The van der Waals surface area contributed by atoms with Gasteiger partial charge >= 0.3 is 0 Å².